The lowest BCUT2D eigenvalue weighted by Crippen LogP contribution is -2.58. The maximum atomic E-state index is 11.4. The summed E-state index contributed by atoms with van der Waals surface area (Å²) < 4.78 is 4.65. The van der Waals surface area contributed by atoms with Crippen LogP contribution in [0.3, 0.4) is 0 Å². The van der Waals surface area contributed by atoms with Crippen LogP contribution in [0, 0.1) is 0 Å². The molecule has 4 N–H and O–H groups in total. The molecule has 0 aliphatic heterocycles. The van der Waals surface area contributed by atoms with Gasteiger partial charge in [0.15, 0.2) is 5.82 Å². The van der Waals surface area contributed by atoms with Gasteiger partial charge in [0, 0.05) is 36.7 Å². The summed E-state index contributed by atoms with van der Waals surface area (Å²) in [6.45, 7) is 3.25. The lowest BCUT2D eigenvalue weighted by molar-refractivity contribution is -0.114. The van der Waals surface area contributed by atoms with Gasteiger partial charge in [-0.1, -0.05) is 43.5 Å². The van der Waals surface area contributed by atoms with Crippen LogP contribution in [0.4, 0.5) is 10.6 Å². The number of nitrogens with two attached hydrogens (primary N) is 1. The van der Waals surface area contributed by atoms with E-state index in [2.05, 4.69) is 20.3 Å². The quantitative estimate of drug-likeness (QED) is 0.370. The molecule has 3 aromatic rings. The molecule has 2 fully saturated rings. The lowest BCUT2D eigenvalue weighted by atomic mass is 9.63. The van der Waals surface area contributed by atoms with Crippen LogP contribution in [-0.2, 0) is 15.1 Å². The Kier molecular flexibility index (Phi) is 9.22. The van der Waals surface area contributed by atoms with E-state index in [1.165, 1.54) is 33.3 Å². The molecule has 2 aliphatic carbocycles. The van der Waals surface area contributed by atoms with E-state index in [4.69, 9.17) is 5.73 Å². The Morgan fingerprint density at radius 3 is 2.33 bits per heavy atom. The number of thiophene rings is 1. The number of methoxy groups -OCH3 is 1. The predicted octanol–water partition coefficient (Wildman–Crippen LogP) is 5.55. The van der Waals surface area contributed by atoms with Crippen LogP contribution in [0.15, 0.2) is 47.2 Å². The number of ether oxygens (including phenoxy) is 1. The molecule has 0 saturated heterocycles. The first-order chi connectivity index (χ1) is 19.0. The van der Waals surface area contributed by atoms with Crippen LogP contribution in [0.5, 0.6) is 0 Å². The average molecular weight is 566 g/mol. The van der Waals surface area contributed by atoms with Crippen LogP contribution >= 0.6 is 11.3 Å². The summed E-state index contributed by atoms with van der Waals surface area (Å²) in [4.78, 5) is 24.2. The number of anilines is 1. The van der Waals surface area contributed by atoms with E-state index in [0.29, 0.717) is 24.7 Å². The predicted molar refractivity (Wildman–Crippen MR) is 158 cm³/mol. The Morgan fingerprint density at radius 2 is 1.77 bits per heavy atom. The summed E-state index contributed by atoms with van der Waals surface area (Å²) in [5, 5.41) is 25.3. The number of nitrogens with one attached hydrogen (secondary N) is 1. The van der Waals surface area contributed by atoms with Gasteiger partial charge in [-0.2, -0.15) is 11.3 Å². The molecule has 214 valence electrons. The zero-order valence-electron chi connectivity index (χ0n) is 23.6. The summed E-state index contributed by atoms with van der Waals surface area (Å²) >= 11 is 1.60. The van der Waals surface area contributed by atoms with Crippen molar-refractivity contribution in [3.63, 3.8) is 0 Å². The second-order valence-corrected chi connectivity index (χ2v) is 11.9. The van der Waals surface area contributed by atoms with Crippen molar-refractivity contribution >= 4 is 29.2 Å². The fourth-order valence-corrected chi connectivity index (χ4v) is 6.37. The van der Waals surface area contributed by atoms with Crippen LogP contribution in [0.2, 0.25) is 0 Å². The molecular weight excluding hydrogens is 526 g/mol. The summed E-state index contributed by atoms with van der Waals surface area (Å²) in [6.07, 6.45) is 6.94. The average Bonchev–Trinajstić information content (AvgIpc) is 3.47. The van der Waals surface area contributed by atoms with Gasteiger partial charge in [-0.15, -0.1) is 10.2 Å². The van der Waals surface area contributed by atoms with E-state index >= 15 is 0 Å². The summed E-state index contributed by atoms with van der Waals surface area (Å²) in [5.74, 6) is 0.235. The second-order valence-electron chi connectivity index (χ2n) is 11.1. The van der Waals surface area contributed by atoms with Gasteiger partial charge in [0.1, 0.15) is 5.69 Å². The van der Waals surface area contributed by atoms with Gasteiger partial charge in [-0.3, -0.25) is 4.79 Å². The van der Waals surface area contributed by atoms with Crippen molar-refractivity contribution in [2.24, 2.45) is 5.73 Å². The van der Waals surface area contributed by atoms with Crippen molar-refractivity contribution in [3.8, 4) is 22.4 Å². The third-order valence-corrected chi connectivity index (χ3v) is 8.32. The summed E-state index contributed by atoms with van der Waals surface area (Å²) in [6, 6.07) is 12.2. The van der Waals surface area contributed by atoms with Crippen LogP contribution < -0.4 is 11.1 Å². The molecule has 0 spiro atoms. The van der Waals surface area contributed by atoms with Gasteiger partial charge in [-0.25, -0.2) is 4.79 Å². The first kappa shape index (κ1) is 29.6. The van der Waals surface area contributed by atoms with Crippen molar-refractivity contribution < 1.29 is 19.4 Å². The zero-order chi connectivity index (χ0) is 28.9. The van der Waals surface area contributed by atoms with Crippen molar-refractivity contribution in [2.75, 3.05) is 19.5 Å². The minimum atomic E-state index is -0.690. The fourth-order valence-electron chi connectivity index (χ4n) is 5.72. The van der Waals surface area contributed by atoms with Gasteiger partial charge in [0.25, 0.3) is 0 Å². The maximum Gasteiger partial charge on any atom is 0.409 e. The molecule has 0 atom stereocenters. The number of hydrogen-bond donors (Lipinski definition) is 3. The largest absolute Gasteiger partial charge is 0.453 e. The van der Waals surface area contributed by atoms with E-state index in [1.807, 2.05) is 61.1 Å². The number of carbonyl (C=O) groups is 2. The fraction of sp³-hybridized carbons (Fsp3) is 0.467. The Bertz CT molecular complexity index is 1300. The number of aromatic nitrogens is 2. The highest BCUT2D eigenvalue weighted by atomic mass is 32.1. The number of amides is 2. The summed E-state index contributed by atoms with van der Waals surface area (Å²) in [7, 11) is 3.25. The molecule has 2 aliphatic rings. The Balaban J connectivity index is 0.000000259. The number of hydrogen-bond acceptors (Lipinski definition) is 8. The third-order valence-electron chi connectivity index (χ3n) is 7.64. The van der Waals surface area contributed by atoms with Crippen LogP contribution in [-0.4, -0.2) is 58.0 Å². The molecule has 2 aromatic heterocycles. The third kappa shape index (κ3) is 7.04. The van der Waals surface area contributed by atoms with E-state index in [9.17, 15) is 14.7 Å². The molecular formula is C30H39N5O4S. The summed E-state index contributed by atoms with van der Waals surface area (Å²) in [5.41, 5.74) is 9.85. The first-order valence-corrected chi connectivity index (χ1v) is 14.6. The van der Waals surface area contributed by atoms with Gasteiger partial charge >= 0.3 is 6.09 Å². The Labute approximate surface area is 239 Å². The highest BCUT2D eigenvalue weighted by Crippen LogP contribution is 2.46. The Morgan fingerprint density at radius 1 is 1.10 bits per heavy atom. The molecule has 5 rings (SSSR count). The number of carbonyl (C=O) groups excluding carboxylic acids is 2. The molecule has 0 radical (unpaired) electrons. The topological polar surface area (TPSA) is 131 Å². The standard InChI is InChI=1S/C21H22N4O2S.C9H17NO2/c1-13(26)23-18-9-17(15-7-8-28-10-15)19(25-24-18)14-3-5-16(6-4-14)21(22)11-20(2,27)12-21;1-10(9(11)12-2)8-6-4-3-5-7-8/h3-10,27H,11-12,22H2,1-2H3,(H,23,24,26);8H,3-7H2,1-2H3. The van der Waals surface area contributed by atoms with Crippen molar-refractivity contribution in [1.29, 1.82) is 0 Å². The molecule has 2 saturated carbocycles. The SMILES string of the molecule is CC(=O)Nc1cc(-c2ccsc2)c(-c2ccc(C3(N)CC(C)(O)C3)cc2)nn1.COC(=O)N(C)C1CCCCC1. The molecule has 1 aromatic carbocycles. The minimum absolute atomic E-state index is 0.188. The molecule has 0 unspecified atom stereocenters. The van der Waals surface area contributed by atoms with Gasteiger partial charge in [-0.05, 0) is 66.6 Å². The van der Waals surface area contributed by atoms with Crippen LogP contribution in [0.1, 0.15) is 64.4 Å². The van der Waals surface area contributed by atoms with E-state index in [0.717, 1.165) is 40.8 Å². The molecule has 2 amide bonds. The van der Waals surface area contributed by atoms with Gasteiger partial charge < -0.3 is 25.8 Å². The number of rotatable bonds is 5. The molecule has 40 heavy (non-hydrogen) atoms. The van der Waals surface area contributed by atoms with Gasteiger partial charge in [0.05, 0.1) is 12.7 Å². The molecule has 2 heterocycles. The highest BCUT2D eigenvalue weighted by Gasteiger charge is 2.49. The van der Waals surface area contributed by atoms with Crippen molar-refractivity contribution in [1.82, 2.24) is 15.1 Å². The highest BCUT2D eigenvalue weighted by molar-refractivity contribution is 7.08. The first-order valence-electron chi connectivity index (χ1n) is 13.6. The zero-order valence-corrected chi connectivity index (χ0v) is 24.5. The monoisotopic (exact) mass is 565 g/mol. The normalized spacial score (nSPS) is 22.4. The maximum absolute atomic E-state index is 11.4. The molecule has 10 heteroatoms. The van der Waals surface area contributed by atoms with E-state index in [1.54, 1.807) is 16.2 Å². The smallest absolute Gasteiger partial charge is 0.409 e. The van der Waals surface area contributed by atoms with E-state index in [-0.39, 0.29) is 12.0 Å². The van der Waals surface area contributed by atoms with Crippen LogP contribution in [0.25, 0.3) is 22.4 Å². The number of aliphatic hydroxyl groups is 1. The number of nitrogens with zero attached hydrogens (tertiary/aromatic N) is 3. The van der Waals surface area contributed by atoms with Crippen molar-refractivity contribution in [2.45, 2.75) is 76.0 Å². The molecule has 9 nitrogen and oxygen atoms in total. The minimum Gasteiger partial charge on any atom is -0.453 e. The lowest BCUT2D eigenvalue weighted by Gasteiger charge is -2.49. The number of benzene rings is 1. The van der Waals surface area contributed by atoms with Crippen molar-refractivity contribution in [3.05, 3.63) is 52.7 Å². The Hall–Kier alpha value is -3.34. The second kappa shape index (κ2) is 12.4. The van der Waals surface area contributed by atoms with E-state index < -0.39 is 11.1 Å². The van der Waals surface area contributed by atoms with Gasteiger partial charge in [0.2, 0.25) is 5.91 Å². The molecule has 0 bridgehead atoms.